The maximum atomic E-state index is 11.7. The van der Waals surface area contributed by atoms with Gasteiger partial charge in [-0.05, 0) is 30.3 Å². The summed E-state index contributed by atoms with van der Waals surface area (Å²) in [5, 5.41) is 3.19. The van der Waals surface area contributed by atoms with Crippen LogP contribution in [0.4, 0.5) is 5.69 Å². The molecule has 0 spiro atoms. The minimum atomic E-state index is -0.408. The van der Waals surface area contributed by atoms with E-state index in [1.54, 1.807) is 6.07 Å². The summed E-state index contributed by atoms with van der Waals surface area (Å²) in [5.41, 5.74) is 2.42. The van der Waals surface area contributed by atoms with Crippen LogP contribution in [-0.4, -0.2) is 5.97 Å². The normalized spacial score (nSPS) is 17.2. The maximum Gasteiger partial charge on any atom is 0.340 e. The first-order chi connectivity index (χ1) is 8.74. The lowest BCUT2D eigenvalue weighted by Crippen LogP contribution is -2.10. The van der Waals surface area contributed by atoms with Gasteiger partial charge in [-0.2, -0.15) is 0 Å². The molecule has 0 amide bonds. The molecule has 3 nitrogen and oxygen atoms in total. The summed E-state index contributed by atoms with van der Waals surface area (Å²) in [6, 6.07) is 15.1. The van der Waals surface area contributed by atoms with Crippen LogP contribution in [0.5, 0.6) is 0 Å². The van der Waals surface area contributed by atoms with Gasteiger partial charge in [-0.15, -0.1) is 0 Å². The molecule has 1 aliphatic heterocycles. The summed E-state index contributed by atoms with van der Waals surface area (Å²) >= 11 is 3.38. The van der Waals surface area contributed by atoms with E-state index in [0.717, 1.165) is 15.7 Å². The van der Waals surface area contributed by atoms with E-state index in [1.165, 1.54) is 0 Å². The molecule has 90 valence electrons. The van der Waals surface area contributed by atoms with Crippen molar-refractivity contribution in [2.75, 3.05) is 5.32 Å². The Labute approximate surface area is 113 Å². The Morgan fingerprint density at radius 2 is 1.78 bits per heavy atom. The number of carbonyl (C=O) groups excluding carboxylic acids is 1. The summed E-state index contributed by atoms with van der Waals surface area (Å²) in [6.07, 6.45) is -0.408. The Hall–Kier alpha value is -1.81. The fraction of sp³-hybridized carbons (Fsp3) is 0.0714. The highest BCUT2D eigenvalue weighted by atomic mass is 79.9. The molecule has 0 bridgehead atoms. The number of anilines is 1. The van der Waals surface area contributed by atoms with Gasteiger partial charge in [0.1, 0.15) is 0 Å². The third-order valence-electron chi connectivity index (χ3n) is 2.83. The fourth-order valence-corrected chi connectivity index (χ4v) is 2.21. The second kappa shape index (κ2) is 4.46. The summed E-state index contributed by atoms with van der Waals surface area (Å²) in [5.74, 6) is -0.278. The van der Waals surface area contributed by atoms with Crippen molar-refractivity contribution in [3.05, 3.63) is 64.1 Å². The van der Waals surface area contributed by atoms with Gasteiger partial charge in [-0.1, -0.05) is 34.1 Å². The predicted octanol–water partition coefficient (Wildman–Crippen LogP) is 3.73. The molecule has 1 heterocycles. The standard InChI is InChI=1S/C14H10BrNO2/c15-9-5-7-10(8-6-9)16-13-11-3-1-2-4-12(11)14(17)18-13/h1-8,13,16H. The van der Waals surface area contributed by atoms with Crippen molar-refractivity contribution in [2.24, 2.45) is 0 Å². The minimum Gasteiger partial charge on any atom is -0.434 e. The lowest BCUT2D eigenvalue weighted by Gasteiger charge is -2.14. The topological polar surface area (TPSA) is 38.3 Å². The number of hydrogen-bond acceptors (Lipinski definition) is 3. The van der Waals surface area contributed by atoms with E-state index in [9.17, 15) is 4.79 Å². The number of fused-ring (bicyclic) bond motifs is 1. The number of hydrogen-bond donors (Lipinski definition) is 1. The Balaban J connectivity index is 1.87. The number of carbonyl (C=O) groups is 1. The zero-order valence-corrected chi connectivity index (χ0v) is 11.0. The second-order valence-corrected chi connectivity index (χ2v) is 4.94. The van der Waals surface area contributed by atoms with E-state index in [1.807, 2.05) is 42.5 Å². The largest absolute Gasteiger partial charge is 0.434 e. The van der Waals surface area contributed by atoms with Crippen LogP contribution in [0.1, 0.15) is 22.1 Å². The van der Waals surface area contributed by atoms with Crippen molar-refractivity contribution in [3.8, 4) is 0 Å². The number of ether oxygens (including phenoxy) is 1. The lowest BCUT2D eigenvalue weighted by molar-refractivity contribution is 0.0437. The van der Waals surface area contributed by atoms with Crippen molar-refractivity contribution in [1.82, 2.24) is 0 Å². The zero-order valence-electron chi connectivity index (χ0n) is 9.39. The average Bonchev–Trinajstić information content (AvgIpc) is 2.70. The first kappa shape index (κ1) is 11.3. The highest BCUT2D eigenvalue weighted by Crippen LogP contribution is 2.31. The van der Waals surface area contributed by atoms with E-state index in [4.69, 9.17) is 4.74 Å². The predicted molar refractivity (Wildman–Crippen MR) is 72.4 cm³/mol. The molecule has 1 aliphatic rings. The van der Waals surface area contributed by atoms with Gasteiger partial charge < -0.3 is 10.1 Å². The van der Waals surface area contributed by atoms with Gasteiger partial charge in [0.2, 0.25) is 6.23 Å². The molecule has 18 heavy (non-hydrogen) atoms. The van der Waals surface area contributed by atoms with Crippen LogP contribution in [0.25, 0.3) is 0 Å². The monoisotopic (exact) mass is 303 g/mol. The number of rotatable bonds is 2. The summed E-state index contributed by atoms with van der Waals surface area (Å²) in [7, 11) is 0. The highest BCUT2D eigenvalue weighted by Gasteiger charge is 2.30. The quantitative estimate of drug-likeness (QED) is 0.859. The Kier molecular flexibility index (Phi) is 2.80. The van der Waals surface area contributed by atoms with E-state index >= 15 is 0 Å². The van der Waals surface area contributed by atoms with Crippen LogP contribution in [0.15, 0.2) is 53.0 Å². The molecule has 2 aromatic carbocycles. The van der Waals surface area contributed by atoms with Gasteiger partial charge in [0.25, 0.3) is 0 Å². The third kappa shape index (κ3) is 1.99. The molecule has 0 aliphatic carbocycles. The number of esters is 1. The summed E-state index contributed by atoms with van der Waals surface area (Å²) < 4.78 is 6.32. The van der Waals surface area contributed by atoms with Crippen LogP contribution < -0.4 is 5.32 Å². The number of nitrogens with one attached hydrogen (secondary N) is 1. The molecule has 0 saturated heterocycles. The molecular weight excluding hydrogens is 294 g/mol. The van der Waals surface area contributed by atoms with Gasteiger partial charge in [0.05, 0.1) is 5.56 Å². The minimum absolute atomic E-state index is 0.278. The smallest absolute Gasteiger partial charge is 0.340 e. The molecule has 0 radical (unpaired) electrons. The number of cyclic esters (lactones) is 1. The van der Waals surface area contributed by atoms with Crippen LogP contribution in [0.2, 0.25) is 0 Å². The van der Waals surface area contributed by atoms with Gasteiger partial charge in [0.15, 0.2) is 0 Å². The second-order valence-electron chi connectivity index (χ2n) is 4.02. The van der Waals surface area contributed by atoms with Crippen LogP contribution in [0, 0.1) is 0 Å². The molecule has 1 atom stereocenters. The summed E-state index contributed by atoms with van der Waals surface area (Å²) in [6.45, 7) is 0. The van der Waals surface area contributed by atoms with Gasteiger partial charge in [0, 0.05) is 15.7 Å². The van der Waals surface area contributed by atoms with Crippen molar-refractivity contribution in [3.63, 3.8) is 0 Å². The average molecular weight is 304 g/mol. The molecule has 0 fully saturated rings. The molecular formula is C14H10BrNO2. The zero-order chi connectivity index (χ0) is 12.5. The van der Waals surface area contributed by atoms with Gasteiger partial charge >= 0.3 is 5.97 Å². The van der Waals surface area contributed by atoms with Crippen LogP contribution in [-0.2, 0) is 4.74 Å². The van der Waals surface area contributed by atoms with E-state index < -0.39 is 6.23 Å². The highest BCUT2D eigenvalue weighted by molar-refractivity contribution is 9.10. The maximum absolute atomic E-state index is 11.7. The molecule has 1 N–H and O–H groups in total. The lowest BCUT2D eigenvalue weighted by atomic mass is 10.1. The van der Waals surface area contributed by atoms with E-state index in [0.29, 0.717) is 5.56 Å². The number of halogens is 1. The Bertz CT molecular complexity index is 595. The third-order valence-corrected chi connectivity index (χ3v) is 3.36. The van der Waals surface area contributed by atoms with Crippen LogP contribution in [0.3, 0.4) is 0 Å². The first-order valence-electron chi connectivity index (χ1n) is 5.56. The molecule has 1 unspecified atom stereocenters. The van der Waals surface area contributed by atoms with Gasteiger partial charge in [-0.3, -0.25) is 0 Å². The van der Waals surface area contributed by atoms with Crippen molar-refractivity contribution < 1.29 is 9.53 Å². The fourth-order valence-electron chi connectivity index (χ4n) is 1.95. The first-order valence-corrected chi connectivity index (χ1v) is 6.35. The van der Waals surface area contributed by atoms with E-state index in [2.05, 4.69) is 21.2 Å². The van der Waals surface area contributed by atoms with E-state index in [-0.39, 0.29) is 5.97 Å². The van der Waals surface area contributed by atoms with Gasteiger partial charge in [-0.25, -0.2) is 4.79 Å². The van der Waals surface area contributed by atoms with Crippen molar-refractivity contribution in [1.29, 1.82) is 0 Å². The van der Waals surface area contributed by atoms with Crippen molar-refractivity contribution >= 4 is 27.6 Å². The Morgan fingerprint density at radius 1 is 1.06 bits per heavy atom. The van der Waals surface area contributed by atoms with Crippen molar-refractivity contribution in [2.45, 2.75) is 6.23 Å². The Morgan fingerprint density at radius 3 is 2.56 bits per heavy atom. The molecule has 3 rings (SSSR count). The molecule has 0 saturated carbocycles. The SMILES string of the molecule is O=C1OC(Nc2ccc(Br)cc2)c2ccccc21. The van der Waals surface area contributed by atoms with Crippen LogP contribution >= 0.6 is 15.9 Å². The number of benzene rings is 2. The molecule has 2 aromatic rings. The molecule has 0 aromatic heterocycles. The molecule has 4 heteroatoms. The summed E-state index contributed by atoms with van der Waals surface area (Å²) in [4.78, 5) is 11.7.